The molecule has 0 aliphatic rings. The van der Waals surface area contributed by atoms with E-state index in [1.807, 2.05) is 127 Å². The summed E-state index contributed by atoms with van der Waals surface area (Å²) in [6.07, 6.45) is 0. The summed E-state index contributed by atoms with van der Waals surface area (Å²) >= 11 is 0. The maximum absolute atomic E-state index is 14.2. The number of fused-ring (bicyclic) bond motifs is 6. The number of esters is 3. The minimum absolute atomic E-state index is 0.356. The molecule has 0 unspecified atom stereocenters. The summed E-state index contributed by atoms with van der Waals surface area (Å²) in [5.41, 5.74) is 11.5. The van der Waals surface area contributed by atoms with Crippen molar-refractivity contribution in [2.24, 2.45) is 0 Å². The summed E-state index contributed by atoms with van der Waals surface area (Å²) in [7, 11) is 0. The van der Waals surface area contributed by atoms with Gasteiger partial charge < -0.3 is 28.9 Å². The molecule has 18 rings (SSSR count). The molecule has 0 heterocycles. The first-order valence-corrected chi connectivity index (χ1v) is 36.7. The first-order valence-electron chi connectivity index (χ1n) is 36.7. The molecule has 0 spiro atoms. The molecule has 0 aromatic heterocycles. The summed E-state index contributed by atoms with van der Waals surface area (Å²) in [5, 5.41) is 13.4. The van der Waals surface area contributed by atoms with Crippen LogP contribution in [0.2, 0.25) is 0 Å². The second-order valence-corrected chi connectivity index (χ2v) is 27.6. The van der Waals surface area contributed by atoms with E-state index in [2.05, 4.69) is 222 Å². The number of ether oxygens (including phenoxy) is 3. The van der Waals surface area contributed by atoms with Crippen molar-refractivity contribution in [3.05, 3.63) is 434 Å². The van der Waals surface area contributed by atoms with Crippen LogP contribution in [0.25, 0.3) is 64.6 Å². The maximum Gasteiger partial charge on any atom is 0.343 e. The lowest BCUT2D eigenvalue weighted by atomic mass is 9.71. The van der Waals surface area contributed by atoms with Crippen LogP contribution in [0.3, 0.4) is 0 Å². The Morgan fingerprint density at radius 1 is 0.218 bits per heavy atom. The van der Waals surface area contributed by atoms with E-state index < -0.39 is 23.3 Å². The molecule has 0 fully saturated rings. The number of benzene rings is 18. The molecule has 0 amide bonds. The fraction of sp³-hybridized carbons (Fsp3) is 0.0198. The van der Waals surface area contributed by atoms with Gasteiger partial charge in [0.05, 0.1) is 33.8 Å². The van der Waals surface area contributed by atoms with Crippen LogP contribution in [-0.2, 0) is 5.41 Å². The highest BCUT2D eigenvalue weighted by Gasteiger charge is 2.33. The molecule has 0 N–H and O–H groups in total. The monoisotopic (exact) mass is 1420 g/mol. The van der Waals surface area contributed by atoms with Gasteiger partial charge in [0, 0.05) is 55.7 Å². The van der Waals surface area contributed by atoms with Crippen molar-refractivity contribution < 1.29 is 28.6 Å². The first-order chi connectivity index (χ1) is 54.1. The Kier molecular flexibility index (Phi) is 17.7. The summed E-state index contributed by atoms with van der Waals surface area (Å²) in [6, 6.07) is 133. The molecule has 0 radical (unpaired) electrons. The standard InChI is InChI=1S/C101H69N3O6/c1-101(80-44-59-89(60-45-80)108-98(105)74-38-50-83(51-39-74)102(86-56-35-68-17-2-5-23-77(68)65-86)95-32-14-26-71-20-8-11-29-92(71)95,81-46-61-90(62-47-81)109-99(106)75-40-52-84(53-41-75)103(87-57-36-69-18-3-6-24-78(69)66-87)96-33-15-27-72-21-9-12-30-93(72)96)82-48-63-91(64-49-82)110-100(107)76-42-54-85(55-43-76)104(88-58-37-70-19-4-7-25-79(70)67-88)97-34-16-28-73-22-10-13-31-94(73)97/h2-67H,1H3. The first kappa shape index (κ1) is 67.2. The van der Waals surface area contributed by atoms with E-state index in [1.54, 1.807) is 72.8 Å². The van der Waals surface area contributed by atoms with Crippen LogP contribution < -0.4 is 28.9 Å². The molecule has 18 aromatic carbocycles. The molecule has 9 nitrogen and oxygen atoms in total. The zero-order chi connectivity index (χ0) is 74.1. The highest BCUT2D eigenvalue weighted by molar-refractivity contribution is 6.05. The lowest BCUT2D eigenvalue weighted by Crippen LogP contribution is -2.25. The largest absolute Gasteiger partial charge is 0.423 e. The van der Waals surface area contributed by atoms with Crippen LogP contribution in [0.4, 0.5) is 51.2 Å². The average molecular weight is 1420 g/mol. The Labute approximate surface area is 636 Å². The molecule has 0 saturated heterocycles. The van der Waals surface area contributed by atoms with E-state index in [4.69, 9.17) is 14.2 Å². The van der Waals surface area contributed by atoms with Crippen LogP contribution in [0, 0.1) is 0 Å². The Hall–Kier alpha value is -14.7. The second-order valence-electron chi connectivity index (χ2n) is 27.6. The number of nitrogens with zero attached hydrogens (tertiary/aromatic N) is 3. The van der Waals surface area contributed by atoms with Gasteiger partial charge in [-0.25, -0.2) is 14.4 Å². The number of carbonyl (C=O) groups is 3. The lowest BCUT2D eigenvalue weighted by Gasteiger charge is -2.32. The molecule has 0 saturated carbocycles. The number of carbonyl (C=O) groups excluding carboxylic acids is 3. The Morgan fingerprint density at radius 2 is 0.445 bits per heavy atom. The molecular weight excluding hydrogens is 1350 g/mol. The minimum atomic E-state index is -0.877. The molecule has 110 heavy (non-hydrogen) atoms. The van der Waals surface area contributed by atoms with Gasteiger partial charge in [-0.05, 0) is 236 Å². The zero-order valence-electron chi connectivity index (χ0n) is 59.9. The van der Waals surface area contributed by atoms with Gasteiger partial charge in [-0.1, -0.05) is 237 Å². The third kappa shape index (κ3) is 13.1. The number of hydrogen-bond acceptors (Lipinski definition) is 9. The summed E-state index contributed by atoms with van der Waals surface area (Å²) in [5.74, 6) is -0.462. The van der Waals surface area contributed by atoms with Crippen molar-refractivity contribution in [2.45, 2.75) is 12.3 Å². The van der Waals surface area contributed by atoms with Crippen LogP contribution in [0.5, 0.6) is 17.2 Å². The molecular formula is C101H69N3O6. The molecule has 0 aliphatic carbocycles. The zero-order valence-corrected chi connectivity index (χ0v) is 59.9. The van der Waals surface area contributed by atoms with Gasteiger partial charge in [-0.15, -0.1) is 0 Å². The third-order valence-corrected chi connectivity index (χ3v) is 21.0. The van der Waals surface area contributed by atoms with Crippen molar-refractivity contribution in [1.29, 1.82) is 0 Å². The minimum Gasteiger partial charge on any atom is -0.423 e. The van der Waals surface area contributed by atoms with Gasteiger partial charge in [-0.2, -0.15) is 0 Å². The SMILES string of the molecule is CC(c1ccc(OC(=O)c2ccc(N(c3ccc4ccccc4c3)c3cccc4ccccc34)cc2)cc1)(c1ccc(OC(=O)c2ccc(N(c3ccc4ccccc4c3)c3cccc4ccccc34)cc2)cc1)c1ccc(OC(=O)c2ccc(N(c3ccc4ccccc4c3)c3cccc4ccccc34)cc2)cc1. The van der Waals surface area contributed by atoms with Gasteiger partial charge in [-0.3, -0.25) is 0 Å². The number of anilines is 9. The molecule has 524 valence electrons. The predicted octanol–water partition coefficient (Wildman–Crippen LogP) is 26.0. The summed E-state index contributed by atoms with van der Waals surface area (Å²) in [4.78, 5) is 49.3. The number of hydrogen-bond donors (Lipinski definition) is 0. The maximum atomic E-state index is 14.2. The molecule has 0 atom stereocenters. The molecule has 18 aromatic rings. The fourth-order valence-electron chi connectivity index (χ4n) is 15.2. The average Bonchev–Trinajstić information content (AvgIpc) is 0.779. The lowest BCUT2D eigenvalue weighted by molar-refractivity contribution is 0.0725. The van der Waals surface area contributed by atoms with Gasteiger partial charge >= 0.3 is 17.9 Å². The molecule has 9 heteroatoms. The van der Waals surface area contributed by atoms with Gasteiger partial charge in [0.15, 0.2) is 0 Å². The number of rotatable bonds is 18. The highest BCUT2D eigenvalue weighted by atomic mass is 16.5. The summed E-state index contributed by atoms with van der Waals surface area (Å²) in [6.45, 7) is 2.11. The Bertz CT molecular complexity index is 5880. The summed E-state index contributed by atoms with van der Waals surface area (Å²) < 4.78 is 18.5. The molecule has 0 bridgehead atoms. The van der Waals surface area contributed by atoms with Crippen molar-refractivity contribution >= 4 is 134 Å². The van der Waals surface area contributed by atoms with E-state index in [9.17, 15) is 14.4 Å². The fourth-order valence-corrected chi connectivity index (χ4v) is 15.2. The second kappa shape index (κ2) is 29.0. The topological polar surface area (TPSA) is 88.6 Å². The third-order valence-electron chi connectivity index (χ3n) is 21.0. The van der Waals surface area contributed by atoms with E-state index in [0.29, 0.717) is 33.9 Å². The van der Waals surface area contributed by atoms with Crippen LogP contribution >= 0.6 is 0 Å². The normalized spacial score (nSPS) is 11.4. The van der Waals surface area contributed by atoms with E-state index in [0.717, 1.165) is 133 Å². The van der Waals surface area contributed by atoms with Crippen molar-refractivity contribution in [3.63, 3.8) is 0 Å². The quantitative estimate of drug-likeness (QED) is 0.0473. The highest BCUT2D eigenvalue weighted by Crippen LogP contribution is 2.46. The van der Waals surface area contributed by atoms with E-state index >= 15 is 0 Å². The molecule has 0 aliphatic heterocycles. The van der Waals surface area contributed by atoms with Gasteiger partial charge in [0.1, 0.15) is 17.2 Å². The van der Waals surface area contributed by atoms with Crippen LogP contribution in [-0.4, -0.2) is 17.9 Å². The van der Waals surface area contributed by atoms with E-state index in [-0.39, 0.29) is 0 Å². The van der Waals surface area contributed by atoms with Crippen molar-refractivity contribution in [3.8, 4) is 17.2 Å². The Morgan fingerprint density at radius 3 is 0.718 bits per heavy atom. The smallest absolute Gasteiger partial charge is 0.343 e. The van der Waals surface area contributed by atoms with E-state index in [1.165, 1.54) is 0 Å². The van der Waals surface area contributed by atoms with Crippen molar-refractivity contribution in [2.75, 3.05) is 14.7 Å². The van der Waals surface area contributed by atoms with Crippen LogP contribution in [0.15, 0.2) is 400 Å². The predicted molar refractivity (Wildman–Crippen MR) is 448 cm³/mol. The van der Waals surface area contributed by atoms with Gasteiger partial charge in [0.25, 0.3) is 0 Å². The van der Waals surface area contributed by atoms with Gasteiger partial charge in [0.2, 0.25) is 0 Å². The van der Waals surface area contributed by atoms with Crippen LogP contribution in [0.1, 0.15) is 54.7 Å². The Balaban J connectivity index is 0.624. The van der Waals surface area contributed by atoms with Crippen molar-refractivity contribution in [1.82, 2.24) is 0 Å².